The summed E-state index contributed by atoms with van der Waals surface area (Å²) in [4.78, 5) is 42.4. The molecule has 182 valence electrons. The standard InChI is InChI=1S/C25H31N3O6/c1-3-32-18-7-5-16(6-8-18)26-22(29)20-19-9-12-25(34-19)15-28(23(30)21(20)25)17-10-13-27(14-11-17)24(31)33-4-2/h5-9,12,17,19-21H,3-4,10-11,13-15H2,1-2H3,(H,26,29)/t19-,20+,21-,25+/m0/s1. The van der Waals surface area contributed by atoms with Crippen LogP contribution in [0.2, 0.25) is 0 Å². The lowest BCUT2D eigenvalue weighted by Crippen LogP contribution is -2.49. The van der Waals surface area contributed by atoms with Crippen molar-refractivity contribution in [1.82, 2.24) is 9.80 Å². The van der Waals surface area contributed by atoms with Gasteiger partial charge in [-0.1, -0.05) is 12.2 Å². The minimum atomic E-state index is -0.749. The number of hydrogen-bond acceptors (Lipinski definition) is 6. The van der Waals surface area contributed by atoms with E-state index < -0.39 is 23.5 Å². The van der Waals surface area contributed by atoms with Crippen molar-refractivity contribution >= 4 is 23.6 Å². The lowest BCUT2D eigenvalue weighted by molar-refractivity contribution is -0.138. The van der Waals surface area contributed by atoms with Crippen LogP contribution < -0.4 is 10.1 Å². The average Bonchev–Trinajstić information content (AvgIpc) is 3.49. The van der Waals surface area contributed by atoms with Crippen LogP contribution in [0.1, 0.15) is 26.7 Å². The molecule has 1 spiro atoms. The molecule has 0 aromatic heterocycles. The van der Waals surface area contributed by atoms with Crippen LogP contribution in [0.4, 0.5) is 10.5 Å². The van der Waals surface area contributed by atoms with Gasteiger partial charge in [0.1, 0.15) is 11.4 Å². The van der Waals surface area contributed by atoms with E-state index in [0.717, 1.165) is 5.75 Å². The minimum Gasteiger partial charge on any atom is -0.494 e. The molecular formula is C25H31N3O6. The largest absolute Gasteiger partial charge is 0.494 e. The van der Waals surface area contributed by atoms with Crippen LogP contribution in [0.15, 0.2) is 36.4 Å². The van der Waals surface area contributed by atoms with E-state index in [1.54, 1.807) is 24.0 Å². The number of ether oxygens (including phenoxy) is 3. The van der Waals surface area contributed by atoms with Crippen molar-refractivity contribution < 1.29 is 28.6 Å². The Morgan fingerprint density at radius 1 is 1.15 bits per heavy atom. The van der Waals surface area contributed by atoms with E-state index in [1.807, 2.05) is 36.1 Å². The zero-order chi connectivity index (χ0) is 23.9. The Kier molecular flexibility index (Phi) is 5.97. The molecule has 0 unspecified atom stereocenters. The summed E-state index contributed by atoms with van der Waals surface area (Å²) in [5, 5.41) is 2.96. The van der Waals surface area contributed by atoms with Crippen molar-refractivity contribution in [3.05, 3.63) is 36.4 Å². The first kappa shape index (κ1) is 22.7. The topological polar surface area (TPSA) is 97.4 Å². The van der Waals surface area contributed by atoms with Crippen molar-refractivity contribution in [3.63, 3.8) is 0 Å². The van der Waals surface area contributed by atoms with Crippen LogP contribution in [-0.2, 0) is 19.1 Å². The number of likely N-dealkylation sites (tertiary alicyclic amines) is 2. The van der Waals surface area contributed by atoms with Gasteiger partial charge in [0, 0.05) is 24.8 Å². The van der Waals surface area contributed by atoms with Crippen LogP contribution in [0, 0.1) is 11.8 Å². The molecule has 4 aliphatic rings. The molecule has 1 aromatic carbocycles. The summed E-state index contributed by atoms with van der Waals surface area (Å²) >= 11 is 0. The first-order valence-corrected chi connectivity index (χ1v) is 12.1. The van der Waals surface area contributed by atoms with Crippen LogP contribution in [-0.4, -0.2) is 78.3 Å². The molecule has 4 atom stereocenters. The fraction of sp³-hybridized carbons (Fsp3) is 0.560. The molecule has 5 rings (SSSR count). The fourth-order valence-electron chi connectivity index (χ4n) is 5.74. The van der Waals surface area contributed by atoms with Gasteiger partial charge in [-0.2, -0.15) is 0 Å². The van der Waals surface area contributed by atoms with E-state index >= 15 is 0 Å². The molecule has 34 heavy (non-hydrogen) atoms. The van der Waals surface area contributed by atoms with Crippen molar-refractivity contribution in [1.29, 1.82) is 0 Å². The maximum atomic E-state index is 13.6. The Morgan fingerprint density at radius 2 is 1.88 bits per heavy atom. The molecular weight excluding hydrogens is 438 g/mol. The second kappa shape index (κ2) is 8.94. The molecule has 3 amide bonds. The van der Waals surface area contributed by atoms with Crippen molar-refractivity contribution in [2.45, 2.75) is 44.4 Å². The highest BCUT2D eigenvalue weighted by molar-refractivity contribution is 5.99. The second-order valence-corrected chi connectivity index (χ2v) is 9.23. The lowest BCUT2D eigenvalue weighted by Gasteiger charge is -2.37. The summed E-state index contributed by atoms with van der Waals surface area (Å²) in [6.45, 7) is 6.16. The van der Waals surface area contributed by atoms with E-state index in [1.165, 1.54) is 0 Å². The third-order valence-electron chi connectivity index (χ3n) is 7.30. The van der Waals surface area contributed by atoms with Gasteiger partial charge in [0.05, 0.1) is 37.7 Å². The highest BCUT2D eigenvalue weighted by atomic mass is 16.6. The molecule has 0 radical (unpaired) electrons. The number of rotatable bonds is 6. The number of hydrogen-bond donors (Lipinski definition) is 1. The fourth-order valence-corrected chi connectivity index (χ4v) is 5.74. The molecule has 3 saturated heterocycles. The van der Waals surface area contributed by atoms with E-state index in [4.69, 9.17) is 14.2 Å². The van der Waals surface area contributed by atoms with Crippen molar-refractivity contribution in [2.75, 3.05) is 38.2 Å². The first-order chi connectivity index (χ1) is 16.5. The summed E-state index contributed by atoms with van der Waals surface area (Å²) in [5.41, 5.74) is -0.0937. The van der Waals surface area contributed by atoms with Gasteiger partial charge in [-0.15, -0.1) is 0 Å². The summed E-state index contributed by atoms with van der Waals surface area (Å²) in [6.07, 6.45) is 4.55. The van der Waals surface area contributed by atoms with Crippen LogP contribution in [0.3, 0.4) is 0 Å². The molecule has 0 saturated carbocycles. The number of carbonyl (C=O) groups is 3. The van der Waals surface area contributed by atoms with Crippen molar-refractivity contribution in [3.8, 4) is 5.75 Å². The van der Waals surface area contributed by atoms with Crippen LogP contribution in [0.25, 0.3) is 0 Å². The number of amides is 3. The highest BCUT2D eigenvalue weighted by Gasteiger charge is 2.67. The molecule has 0 aliphatic carbocycles. The molecule has 2 bridgehead atoms. The molecule has 3 fully saturated rings. The number of benzene rings is 1. The summed E-state index contributed by atoms with van der Waals surface area (Å²) in [6, 6.07) is 7.22. The van der Waals surface area contributed by atoms with E-state index in [0.29, 0.717) is 51.4 Å². The van der Waals surface area contributed by atoms with Gasteiger partial charge in [0.25, 0.3) is 0 Å². The number of nitrogens with one attached hydrogen (secondary N) is 1. The highest BCUT2D eigenvalue weighted by Crippen LogP contribution is 2.52. The number of nitrogens with zero attached hydrogens (tertiary/aromatic N) is 2. The van der Waals surface area contributed by atoms with E-state index in [-0.39, 0.29) is 23.9 Å². The predicted octanol–water partition coefficient (Wildman–Crippen LogP) is 2.43. The number of fused-ring (bicyclic) bond motifs is 1. The SMILES string of the molecule is CCOC(=O)N1CCC(N2C[C@@]34C=C[C@H](O3)[C@@H](C(=O)Nc3ccc(OCC)cc3)[C@H]4C2=O)CC1. The number of carbonyl (C=O) groups excluding carboxylic acids is 3. The van der Waals surface area contributed by atoms with Crippen molar-refractivity contribution in [2.24, 2.45) is 11.8 Å². The zero-order valence-electron chi connectivity index (χ0n) is 19.6. The van der Waals surface area contributed by atoms with Gasteiger partial charge < -0.3 is 29.3 Å². The third-order valence-corrected chi connectivity index (χ3v) is 7.30. The Labute approximate surface area is 199 Å². The van der Waals surface area contributed by atoms with Gasteiger partial charge in [-0.3, -0.25) is 9.59 Å². The normalized spacial score (nSPS) is 29.9. The summed E-state index contributed by atoms with van der Waals surface area (Å²) < 4.78 is 16.8. The Bertz CT molecular complexity index is 987. The monoisotopic (exact) mass is 469 g/mol. The minimum absolute atomic E-state index is 0.0176. The maximum Gasteiger partial charge on any atom is 0.409 e. The molecule has 1 N–H and O–H groups in total. The van der Waals surface area contributed by atoms with Crippen LogP contribution >= 0.6 is 0 Å². The lowest BCUT2D eigenvalue weighted by atomic mass is 9.76. The first-order valence-electron chi connectivity index (χ1n) is 12.1. The van der Waals surface area contributed by atoms with Gasteiger partial charge in [-0.05, 0) is 51.0 Å². The molecule has 9 nitrogen and oxygen atoms in total. The number of anilines is 1. The Hall–Kier alpha value is -3.07. The quantitative estimate of drug-likeness (QED) is 0.643. The molecule has 4 aliphatic heterocycles. The average molecular weight is 470 g/mol. The maximum absolute atomic E-state index is 13.6. The molecule has 9 heteroatoms. The predicted molar refractivity (Wildman–Crippen MR) is 123 cm³/mol. The van der Waals surface area contributed by atoms with Gasteiger partial charge in [-0.25, -0.2) is 4.79 Å². The zero-order valence-corrected chi connectivity index (χ0v) is 19.6. The number of piperidine rings is 1. The summed E-state index contributed by atoms with van der Waals surface area (Å²) in [5.74, 6) is -0.616. The smallest absolute Gasteiger partial charge is 0.409 e. The van der Waals surface area contributed by atoms with Gasteiger partial charge >= 0.3 is 6.09 Å². The second-order valence-electron chi connectivity index (χ2n) is 9.23. The van der Waals surface area contributed by atoms with Gasteiger partial charge in [0.2, 0.25) is 11.8 Å². The summed E-state index contributed by atoms with van der Waals surface area (Å²) in [7, 11) is 0. The van der Waals surface area contributed by atoms with Crippen LogP contribution in [0.5, 0.6) is 5.75 Å². The van der Waals surface area contributed by atoms with E-state index in [9.17, 15) is 14.4 Å². The third kappa shape index (κ3) is 3.81. The van der Waals surface area contributed by atoms with Gasteiger partial charge in [0.15, 0.2) is 0 Å². The molecule has 1 aromatic rings. The van der Waals surface area contributed by atoms with E-state index in [2.05, 4.69) is 5.32 Å². The Balaban J connectivity index is 1.26. The molecule has 4 heterocycles. The Morgan fingerprint density at radius 3 is 2.56 bits per heavy atom.